The van der Waals surface area contributed by atoms with Crippen molar-refractivity contribution < 1.29 is 0 Å². The first kappa shape index (κ1) is 34.5. The third-order valence-electron chi connectivity index (χ3n) is 11.8. The SMILES string of the molecule is c1ccc(-c2cc(-c3ccccc3)cc(-c3c4ccccc4c(-c4ccc(N(c5ccccc5)c5ccccc5)c5ccccc45)c4cc5ccccc5cc34)c2)cc1. The summed E-state index contributed by atoms with van der Waals surface area (Å²) in [5.41, 5.74) is 13.1. The molecule has 0 aromatic heterocycles. The molecule has 1 heteroatoms. The molecule has 59 heavy (non-hydrogen) atoms. The standard InChI is InChI=1S/C58H39N/c1-5-19-40(20-6-1)44-35-45(41-21-7-2-8-22-41)37-46(36-44)57-51-31-17-18-32-52(51)58(55-39-43-24-14-13-23-42(43)38-54(55)57)53-33-34-56(50-30-16-15-29-49(50)53)59(47-25-9-3-10-26-47)48-27-11-4-12-28-48/h1-39H. The summed E-state index contributed by atoms with van der Waals surface area (Å²) in [4.78, 5) is 2.38. The predicted octanol–water partition coefficient (Wildman–Crippen LogP) is 16.4. The number of benzene rings is 11. The average molecular weight is 750 g/mol. The Hall–Kier alpha value is -7.74. The maximum Gasteiger partial charge on any atom is 0.0540 e. The Morgan fingerprint density at radius 2 is 0.644 bits per heavy atom. The summed E-state index contributed by atoms with van der Waals surface area (Å²) < 4.78 is 0. The zero-order valence-electron chi connectivity index (χ0n) is 32.5. The first-order chi connectivity index (χ1) is 29.3. The number of hydrogen-bond acceptors (Lipinski definition) is 1. The minimum Gasteiger partial charge on any atom is -0.310 e. The monoisotopic (exact) mass is 749 g/mol. The van der Waals surface area contributed by atoms with Gasteiger partial charge in [-0.2, -0.15) is 0 Å². The van der Waals surface area contributed by atoms with E-state index in [2.05, 4.69) is 241 Å². The highest BCUT2D eigenvalue weighted by atomic mass is 15.1. The Labute approximate surface area is 344 Å². The van der Waals surface area contributed by atoms with Crippen molar-refractivity contribution in [3.63, 3.8) is 0 Å². The fourth-order valence-corrected chi connectivity index (χ4v) is 9.11. The van der Waals surface area contributed by atoms with Crippen molar-refractivity contribution in [1.29, 1.82) is 0 Å². The highest BCUT2D eigenvalue weighted by Crippen LogP contribution is 2.49. The fraction of sp³-hybridized carbons (Fsp3) is 0. The summed E-state index contributed by atoms with van der Waals surface area (Å²) >= 11 is 0. The summed E-state index contributed by atoms with van der Waals surface area (Å²) in [5.74, 6) is 0. The Bertz CT molecular complexity index is 3200. The smallest absolute Gasteiger partial charge is 0.0540 e. The van der Waals surface area contributed by atoms with Crippen molar-refractivity contribution in [3.05, 3.63) is 237 Å². The minimum absolute atomic E-state index is 1.12. The van der Waals surface area contributed by atoms with Gasteiger partial charge in [0.2, 0.25) is 0 Å². The third kappa shape index (κ3) is 6.12. The van der Waals surface area contributed by atoms with E-state index < -0.39 is 0 Å². The number of fused-ring (bicyclic) bond motifs is 4. The van der Waals surface area contributed by atoms with E-state index in [9.17, 15) is 0 Å². The molecule has 0 unspecified atom stereocenters. The molecule has 0 aliphatic carbocycles. The molecule has 1 nitrogen and oxygen atoms in total. The van der Waals surface area contributed by atoms with Crippen LogP contribution in [0.25, 0.3) is 87.6 Å². The first-order valence-electron chi connectivity index (χ1n) is 20.3. The van der Waals surface area contributed by atoms with Gasteiger partial charge in [-0.1, -0.05) is 176 Å². The second-order valence-electron chi connectivity index (χ2n) is 15.3. The van der Waals surface area contributed by atoms with Crippen molar-refractivity contribution in [2.24, 2.45) is 0 Å². The van der Waals surface area contributed by atoms with Crippen LogP contribution in [0.3, 0.4) is 0 Å². The summed E-state index contributed by atoms with van der Waals surface area (Å²) in [6.45, 7) is 0. The van der Waals surface area contributed by atoms with E-state index in [1.807, 2.05) is 0 Å². The van der Waals surface area contributed by atoms with Crippen LogP contribution in [0.2, 0.25) is 0 Å². The van der Waals surface area contributed by atoms with E-state index in [0.29, 0.717) is 0 Å². The quantitative estimate of drug-likeness (QED) is 0.147. The molecule has 0 aliphatic rings. The fourth-order valence-electron chi connectivity index (χ4n) is 9.11. The number of nitrogens with zero attached hydrogens (tertiary/aromatic N) is 1. The van der Waals surface area contributed by atoms with E-state index in [1.165, 1.54) is 87.6 Å². The Kier molecular flexibility index (Phi) is 8.56. The second-order valence-corrected chi connectivity index (χ2v) is 15.3. The van der Waals surface area contributed by atoms with E-state index in [1.54, 1.807) is 0 Å². The third-order valence-corrected chi connectivity index (χ3v) is 11.8. The molecule has 11 aromatic carbocycles. The Morgan fingerprint density at radius 3 is 1.19 bits per heavy atom. The van der Waals surface area contributed by atoms with Gasteiger partial charge in [-0.25, -0.2) is 0 Å². The van der Waals surface area contributed by atoms with Crippen LogP contribution < -0.4 is 4.90 Å². The van der Waals surface area contributed by atoms with Crippen molar-refractivity contribution >= 4 is 60.2 Å². The molecule has 0 atom stereocenters. The van der Waals surface area contributed by atoms with E-state index in [-0.39, 0.29) is 0 Å². The summed E-state index contributed by atoms with van der Waals surface area (Å²) in [7, 11) is 0. The normalized spacial score (nSPS) is 11.4. The summed E-state index contributed by atoms with van der Waals surface area (Å²) in [6.07, 6.45) is 0. The lowest BCUT2D eigenvalue weighted by molar-refractivity contribution is 1.30. The molecule has 0 N–H and O–H groups in total. The highest BCUT2D eigenvalue weighted by Gasteiger charge is 2.22. The van der Waals surface area contributed by atoms with Gasteiger partial charge >= 0.3 is 0 Å². The molecular weight excluding hydrogens is 711 g/mol. The lowest BCUT2D eigenvalue weighted by Gasteiger charge is -2.28. The van der Waals surface area contributed by atoms with Gasteiger partial charge < -0.3 is 4.90 Å². The molecule has 0 fully saturated rings. The molecular formula is C58H39N. The van der Waals surface area contributed by atoms with Crippen molar-refractivity contribution in [3.8, 4) is 44.5 Å². The maximum absolute atomic E-state index is 2.43. The molecule has 0 aliphatic heterocycles. The van der Waals surface area contributed by atoms with Gasteiger partial charge in [0.05, 0.1) is 5.69 Å². The van der Waals surface area contributed by atoms with E-state index >= 15 is 0 Å². The van der Waals surface area contributed by atoms with Crippen LogP contribution in [-0.2, 0) is 0 Å². The largest absolute Gasteiger partial charge is 0.310 e. The minimum atomic E-state index is 1.12. The topological polar surface area (TPSA) is 3.24 Å². The molecule has 11 aromatic rings. The molecule has 0 saturated carbocycles. The second kappa shape index (κ2) is 14.6. The molecule has 0 bridgehead atoms. The molecule has 0 spiro atoms. The van der Waals surface area contributed by atoms with Crippen molar-refractivity contribution in [2.75, 3.05) is 4.90 Å². The van der Waals surface area contributed by atoms with Crippen LogP contribution in [0.15, 0.2) is 237 Å². The first-order valence-corrected chi connectivity index (χ1v) is 20.3. The van der Waals surface area contributed by atoms with Crippen LogP contribution in [-0.4, -0.2) is 0 Å². The van der Waals surface area contributed by atoms with E-state index in [4.69, 9.17) is 0 Å². The van der Waals surface area contributed by atoms with Crippen LogP contribution in [0.4, 0.5) is 17.1 Å². The molecule has 0 amide bonds. The average Bonchev–Trinajstić information content (AvgIpc) is 3.31. The van der Waals surface area contributed by atoms with Crippen LogP contribution in [0.5, 0.6) is 0 Å². The lowest BCUT2D eigenvalue weighted by atomic mass is 9.82. The number of hydrogen-bond donors (Lipinski definition) is 0. The van der Waals surface area contributed by atoms with Crippen LogP contribution in [0.1, 0.15) is 0 Å². The molecule has 11 rings (SSSR count). The zero-order chi connectivity index (χ0) is 39.1. The molecule has 0 heterocycles. The molecule has 0 radical (unpaired) electrons. The van der Waals surface area contributed by atoms with Crippen molar-refractivity contribution in [1.82, 2.24) is 0 Å². The van der Waals surface area contributed by atoms with Crippen molar-refractivity contribution in [2.45, 2.75) is 0 Å². The van der Waals surface area contributed by atoms with E-state index in [0.717, 1.165) is 17.1 Å². The van der Waals surface area contributed by atoms with Gasteiger partial charge in [-0.3, -0.25) is 0 Å². The number of rotatable bonds is 7. The van der Waals surface area contributed by atoms with Gasteiger partial charge in [0.15, 0.2) is 0 Å². The van der Waals surface area contributed by atoms with Gasteiger partial charge in [0.1, 0.15) is 0 Å². The van der Waals surface area contributed by atoms with Gasteiger partial charge in [0, 0.05) is 16.8 Å². The Morgan fingerprint density at radius 1 is 0.237 bits per heavy atom. The zero-order valence-corrected chi connectivity index (χ0v) is 32.5. The number of para-hydroxylation sites is 2. The molecule has 276 valence electrons. The maximum atomic E-state index is 2.43. The van der Waals surface area contributed by atoms with Gasteiger partial charge in [-0.15, -0.1) is 0 Å². The summed E-state index contributed by atoms with van der Waals surface area (Å²) in [6, 6.07) is 86.4. The molecule has 0 saturated heterocycles. The Balaban J connectivity index is 1.23. The number of anilines is 3. The highest BCUT2D eigenvalue weighted by molar-refractivity contribution is 6.26. The van der Waals surface area contributed by atoms with Gasteiger partial charge in [-0.05, 0) is 143 Å². The van der Waals surface area contributed by atoms with Crippen LogP contribution in [0, 0.1) is 0 Å². The lowest BCUT2D eigenvalue weighted by Crippen LogP contribution is -2.10. The predicted molar refractivity (Wildman–Crippen MR) is 253 cm³/mol. The van der Waals surface area contributed by atoms with Gasteiger partial charge in [0.25, 0.3) is 0 Å². The van der Waals surface area contributed by atoms with Crippen LogP contribution >= 0.6 is 0 Å². The summed E-state index contributed by atoms with van der Waals surface area (Å²) in [5, 5.41) is 9.82.